The molecular weight excluding hydrogens is 318 g/mol. The van der Waals surface area contributed by atoms with Crippen molar-refractivity contribution in [2.45, 2.75) is 49.5 Å². The molecular formula is C24H29NO. The maximum atomic E-state index is 6.40. The third-order valence-corrected chi connectivity index (χ3v) is 6.98. The molecule has 0 amide bonds. The van der Waals surface area contributed by atoms with Gasteiger partial charge in [0.15, 0.2) is 0 Å². The van der Waals surface area contributed by atoms with Crippen LogP contribution in [0.4, 0.5) is 0 Å². The van der Waals surface area contributed by atoms with Gasteiger partial charge in [-0.25, -0.2) is 0 Å². The Bertz CT molecular complexity index is 748. The highest BCUT2D eigenvalue weighted by Crippen LogP contribution is 2.43. The first kappa shape index (κ1) is 16.5. The lowest BCUT2D eigenvalue weighted by molar-refractivity contribution is -0.0442. The molecule has 0 bridgehead atoms. The summed E-state index contributed by atoms with van der Waals surface area (Å²) < 4.78 is 6.40. The fourth-order valence-electron chi connectivity index (χ4n) is 5.42. The Morgan fingerprint density at radius 3 is 2.58 bits per heavy atom. The molecule has 2 heteroatoms. The molecule has 3 aliphatic rings. The van der Waals surface area contributed by atoms with E-state index >= 15 is 0 Å². The normalized spacial score (nSPS) is 27.7. The van der Waals surface area contributed by atoms with Gasteiger partial charge in [0.05, 0.1) is 12.2 Å². The van der Waals surface area contributed by atoms with E-state index in [0.29, 0.717) is 5.92 Å². The Kier molecular flexibility index (Phi) is 4.34. The molecule has 26 heavy (non-hydrogen) atoms. The Hall–Kier alpha value is -1.64. The highest BCUT2D eigenvalue weighted by atomic mass is 16.5. The molecule has 2 aromatic carbocycles. The van der Waals surface area contributed by atoms with Crippen molar-refractivity contribution < 1.29 is 4.74 Å². The number of nitrogens with zero attached hydrogens (tertiary/aromatic N) is 1. The fraction of sp³-hybridized carbons (Fsp3) is 0.500. The van der Waals surface area contributed by atoms with Crippen LogP contribution in [0.15, 0.2) is 54.6 Å². The quantitative estimate of drug-likeness (QED) is 0.794. The van der Waals surface area contributed by atoms with E-state index in [1.807, 2.05) is 0 Å². The highest BCUT2D eigenvalue weighted by molar-refractivity contribution is 5.35. The number of benzene rings is 2. The van der Waals surface area contributed by atoms with E-state index in [1.54, 1.807) is 11.1 Å². The summed E-state index contributed by atoms with van der Waals surface area (Å²) in [5, 5.41) is 0. The molecule has 0 saturated carbocycles. The lowest BCUT2D eigenvalue weighted by Crippen LogP contribution is -2.45. The molecule has 136 valence electrons. The molecule has 1 aliphatic carbocycles. The number of rotatable bonds is 3. The zero-order valence-electron chi connectivity index (χ0n) is 15.6. The van der Waals surface area contributed by atoms with Crippen molar-refractivity contribution in [3.63, 3.8) is 0 Å². The SMILES string of the molecule is c1ccc(C2COC3(CCN(C[C@H]4CCc5ccccc54)CC3)C2)cc1. The van der Waals surface area contributed by atoms with Crippen LogP contribution in [0.2, 0.25) is 0 Å². The molecule has 0 radical (unpaired) electrons. The molecule has 5 rings (SSSR count). The smallest absolute Gasteiger partial charge is 0.0713 e. The van der Waals surface area contributed by atoms with Crippen molar-refractivity contribution in [2.24, 2.45) is 0 Å². The number of fused-ring (bicyclic) bond motifs is 1. The van der Waals surface area contributed by atoms with Crippen LogP contribution in [0.25, 0.3) is 0 Å². The number of hydrogen-bond acceptors (Lipinski definition) is 2. The standard InChI is InChI=1S/C24H29NO/c1-2-6-19(7-3-1)22-16-24(26-18-22)12-14-25(15-13-24)17-21-11-10-20-8-4-5-9-23(20)21/h1-9,21-22H,10-18H2/t21-,22?/m1/s1. The number of aryl methyl sites for hydroxylation is 1. The summed E-state index contributed by atoms with van der Waals surface area (Å²) in [7, 11) is 0. The van der Waals surface area contributed by atoms with Crippen molar-refractivity contribution in [1.29, 1.82) is 0 Å². The van der Waals surface area contributed by atoms with Crippen LogP contribution >= 0.6 is 0 Å². The van der Waals surface area contributed by atoms with Gasteiger partial charge in [-0.15, -0.1) is 0 Å². The first-order chi connectivity index (χ1) is 12.8. The minimum absolute atomic E-state index is 0.143. The third kappa shape index (κ3) is 3.10. The summed E-state index contributed by atoms with van der Waals surface area (Å²) in [6.45, 7) is 4.52. The van der Waals surface area contributed by atoms with Gasteiger partial charge in [0, 0.05) is 25.6 Å². The Balaban J connectivity index is 1.18. The van der Waals surface area contributed by atoms with E-state index in [4.69, 9.17) is 4.74 Å². The van der Waals surface area contributed by atoms with Crippen LogP contribution in [-0.2, 0) is 11.2 Å². The summed E-state index contributed by atoms with van der Waals surface area (Å²) in [6, 6.07) is 20.0. The van der Waals surface area contributed by atoms with E-state index in [9.17, 15) is 0 Å². The maximum absolute atomic E-state index is 6.40. The van der Waals surface area contributed by atoms with Gasteiger partial charge in [-0.2, -0.15) is 0 Å². The fourth-order valence-corrected chi connectivity index (χ4v) is 5.42. The van der Waals surface area contributed by atoms with Crippen molar-refractivity contribution in [3.8, 4) is 0 Å². The van der Waals surface area contributed by atoms with Gasteiger partial charge in [-0.05, 0) is 54.7 Å². The van der Waals surface area contributed by atoms with Crippen LogP contribution in [0.3, 0.4) is 0 Å². The second-order valence-corrected chi connectivity index (χ2v) is 8.54. The zero-order valence-corrected chi connectivity index (χ0v) is 15.6. The predicted octanol–water partition coefficient (Wildman–Crippen LogP) is 4.76. The summed E-state index contributed by atoms with van der Waals surface area (Å²) in [6.07, 6.45) is 6.20. The third-order valence-electron chi connectivity index (χ3n) is 6.98. The van der Waals surface area contributed by atoms with Crippen molar-refractivity contribution in [1.82, 2.24) is 4.90 Å². The first-order valence-corrected chi connectivity index (χ1v) is 10.3. The highest BCUT2D eigenvalue weighted by Gasteiger charge is 2.43. The number of likely N-dealkylation sites (tertiary alicyclic amines) is 1. The second kappa shape index (κ2) is 6.83. The van der Waals surface area contributed by atoms with E-state index in [2.05, 4.69) is 59.5 Å². The summed E-state index contributed by atoms with van der Waals surface area (Å²) >= 11 is 0. The Labute approximate surface area is 157 Å². The van der Waals surface area contributed by atoms with Crippen LogP contribution in [0, 0.1) is 0 Å². The van der Waals surface area contributed by atoms with E-state index in [1.165, 1.54) is 57.3 Å². The molecule has 2 aliphatic heterocycles. The molecule has 2 saturated heterocycles. The molecule has 2 atom stereocenters. The van der Waals surface area contributed by atoms with Gasteiger partial charge in [0.25, 0.3) is 0 Å². The van der Waals surface area contributed by atoms with Crippen molar-refractivity contribution in [2.75, 3.05) is 26.2 Å². The largest absolute Gasteiger partial charge is 0.374 e. The minimum atomic E-state index is 0.143. The van der Waals surface area contributed by atoms with Crippen molar-refractivity contribution >= 4 is 0 Å². The van der Waals surface area contributed by atoms with Crippen molar-refractivity contribution in [3.05, 3.63) is 71.3 Å². The topological polar surface area (TPSA) is 12.5 Å². The van der Waals surface area contributed by atoms with E-state index in [-0.39, 0.29) is 5.60 Å². The van der Waals surface area contributed by atoms with Gasteiger partial charge in [-0.3, -0.25) is 0 Å². The minimum Gasteiger partial charge on any atom is -0.374 e. The van der Waals surface area contributed by atoms with Gasteiger partial charge in [-0.1, -0.05) is 54.6 Å². The first-order valence-electron chi connectivity index (χ1n) is 10.3. The average molecular weight is 348 g/mol. The molecule has 2 fully saturated rings. The molecule has 0 N–H and O–H groups in total. The van der Waals surface area contributed by atoms with Gasteiger partial charge < -0.3 is 9.64 Å². The van der Waals surface area contributed by atoms with Crippen LogP contribution in [0.1, 0.15) is 54.2 Å². The van der Waals surface area contributed by atoms with Gasteiger partial charge in [0.1, 0.15) is 0 Å². The summed E-state index contributed by atoms with van der Waals surface area (Å²) in [5.41, 5.74) is 4.78. The monoisotopic (exact) mass is 347 g/mol. The molecule has 1 unspecified atom stereocenters. The van der Waals surface area contributed by atoms with Crippen LogP contribution < -0.4 is 0 Å². The van der Waals surface area contributed by atoms with E-state index in [0.717, 1.165) is 12.5 Å². The van der Waals surface area contributed by atoms with Gasteiger partial charge >= 0.3 is 0 Å². The number of piperidine rings is 1. The molecule has 1 spiro atoms. The Morgan fingerprint density at radius 2 is 1.73 bits per heavy atom. The zero-order chi connectivity index (χ0) is 17.4. The number of ether oxygens (including phenoxy) is 1. The average Bonchev–Trinajstić information content (AvgIpc) is 3.30. The molecule has 2 aromatic rings. The van der Waals surface area contributed by atoms with Crippen LogP contribution in [0.5, 0.6) is 0 Å². The summed E-state index contributed by atoms with van der Waals surface area (Å²) in [5.74, 6) is 1.33. The van der Waals surface area contributed by atoms with E-state index < -0.39 is 0 Å². The second-order valence-electron chi connectivity index (χ2n) is 8.54. The number of hydrogen-bond donors (Lipinski definition) is 0. The maximum Gasteiger partial charge on any atom is 0.0713 e. The van der Waals surface area contributed by atoms with Gasteiger partial charge in [0.2, 0.25) is 0 Å². The molecule has 2 nitrogen and oxygen atoms in total. The predicted molar refractivity (Wildman–Crippen MR) is 106 cm³/mol. The lowest BCUT2D eigenvalue weighted by atomic mass is 9.83. The Morgan fingerprint density at radius 1 is 0.962 bits per heavy atom. The van der Waals surface area contributed by atoms with Crippen LogP contribution in [-0.4, -0.2) is 36.7 Å². The lowest BCUT2D eigenvalue weighted by Gasteiger charge is -2.39. The summed E-state index contributed by atoms with van der Waals surface area (Å²) in [4.78, 5) is 2.69. The molecule has 2 heterocycles. The molecule has 0 aromatic heterocycles.